The van der Waals surface area contributed by atoms with Gasteiger partial charge in [-0.1, -0.05) is 12.1 Å². The Hall–Kier alpha value is -1.26. The van der Waals surface area contributed by atoms with Gasteiger partial charge in [0.05, 0.1) is 7.11 Å². The van der Waals surface area contributed by atoms with Gasteiger partial charge in [0, 0.05) is 12.1 Å². The smallest absolute Gasteiger partial charge is 0.161 e. The van der Waals surface area contributed by atoms with Crippen molar-refractivity contribution in [1.29, 1.82) is 0 Å². The summed E-state index contributed by atoms with van der Waals surface area (Å²) in [5.41, 5.74) is 0.103. The Bertz CT molecular complexity index is 429. The molecule has 0 amide bonds. The molecule has 2 N–H and O–H groups in total. The van der Waals surface area contributed by atoms with Crippen molar-refractivity contribution in [3.05, 3.63) is 24.3 Å². The van der Waals surface area contributed by atoms with Crippen LogP contribution in [0, 0.1) is 5.92 Å². The highest BCUT2D eigenvalue weighted by Crippen LogP contribution is 2.39. The van der Waals surface area contributed by atoms with Gasteiger partial charge in [-0.2, -0.15) is 0 Å². The molecule has 1 unspecified atom stereocenters. The molecule has 0 spiro atoms. The van der Waals surface area contributed by atoms with Crippen LogP contribution in [0.25, 0.3) is 0 Å². The maximum Gasteiger partial charge on any atom is 0.161 e. The number of aliphatic hydroxyl groups excluding tert-OH is 1. The number of para-hydroxylation sites is 2. The van der Waals surface area contributed by atoms with E-state index >= 15 is 0 Å². The van der Waals surface area contributed by atoms with Crippen molar-refractivity contribution in [3.8, 4) is 11.5 Å². The Labute approximate surface area is 121 Å². The normalized spacial score (nSPS) is 16.8. The van der Waals surface area contributed by atoms with Crippen molar-refractivity contribution in [1.82, 2.24) is 5.32 Å². The van der Waals surface area contributed by atoms with Crippen LogP contribution in [0.2, 0.25) is 0 Å². The molecule has 0 heterocycles. The molecule has 0 aliphatic heterocycles. The minimum absolute atomic E-state index is 0.103. The average molecular weight is 279 g/mol. The van der Waals surface area contributed by atoms with Gasteiger partial charge in [0.2, 0.25) is 0 Å². The molecule has 1 fully saturated rings. The number of nitrogens with one attached hydrogen (secondary N) is 1. The van der Waals surface area contributed by atoms with Gasteiger partial charge in [-0.3, -0.25) is 0 Å². The molecule has 1 aromatic rings. The third kappa shape index (κ3) is 4.12. The van der Waals surface area contributed by atoms with Gasteiger partial charge in [0.15, 0.2) is 11.5 Å². The number of ether oxygens (including phenoxy) is 2. The molecule has 0 saturated heterocycles. The second kappa shape index (κ2) is 6.46. The molecule has 0 aromatic heterocycles. The lowest BCUT2D eigenvalue weighted by Gasteiger charge is -2.27. The van der Waals surface area contributed by atoms with Crippen LogP contribution in [-0.4, -0.2) is 37.0 Å². The molecule has 1 aliphatic rings. The Morgan fingerprint density at radius 2 is 1.95 bits per heavy atom. The van der Waals surface area contributed by atoms with Crippen LogP contribution in [0.4, 0.5) is 0 Å². The second-order valence-corrected chi connectivity index (χ2v) is 5.99. The highest BCUT2D eigenvalue weighted by molar-refractivity contribution is 5.39. The number of benzene rings is 1. The van der Waals surface area contributed by atoms with Gasteiger partial charge in [-0.15, -0.1) is 0 Å². The van der Waals surface area contributed by atoms with Gasteiger partial charge in [0.25, 0.3) is 0 Å². The standard InChI is InChI=1S/C16H25NO3/c1-16(2,12-8-9-12)17-10-13(18)11-20-15-7-5-4-6-14(15)19-3/h4-7,12-13,17-18H,8-11H2,1-3H3. The Kier molecular flexibility index (Phi) is 4.89. The van der Waals surface area contributed by atoms with E-state index in [9.17, 15) is 5.11 Å². The first-order chi connectivity index (χ1) is 9.53. The fourth-order valence-corrected chi connectivity index (χ4v) is 2.31. The van der Waals surface area contributed by atoms with E-state index in [-0.39, 0.29) is 12.1 Å². The average Bonchev–Trinajstić information content (AvgIpc) is 3.28. The van der Waals surface area contributed by atoms with Crippen molar-refractivity contribution in [2.24, 2.45) is 5.92 Å². The summed E-state index contributed by atoms with van der Waals surface area (Å²) < 4.78 is 10.8. The van der Waals surface area contributed by atoms with Crippen LogP contribution in [0.15, 0.2) is 24.3 Å². The molecule has 0 radical (unpaired) electrons. The van der Waals surface area contributed by atoms with Crippen molar-refractivity contribution in [3.63, 3.8) is 0 Å². The molecular weight excluding hydrogens is 254 g/mol. The van der Waals surface area contributed by atoms with Crippen molar-refractivity contribution in [2.75, 3.05) is 20.3 Å². The number of aliphatic hydroxyl groups is 1. The van der Waals surface area contributed by atoms with Crippen molar-refractivity contribution >= 4 is 0 Å². The van der Waals surface area contributed by atoms with E-state index in [1.165, 1.54) is 12.8 Å². The molecule has 1 aliphatic carbocycles. The van der Waals surface area contributed by atoms with Crippen molar-refractivity contribution in [2.45, 2.75) is 38.3 Å². The first-order valence-electron chi connectivity index (χ1n) is 7.22. The zero-order valence-electron chi connectivity index (χ0n) is 12.6. The third-order valence-electron chi connectivity index (χ3n) is 3.89. The molecule has 1 atom stereocenters. The second-order valence-electron chi connectivity index (χ2n) is 5.99. The topological polar surface area (TPSA) is 50.7 Å². The highest BCUT2D eigenvalue weighted by Gasteiger charge is 2.37. The Morgan fingerprint density at radius 1 is 1.30 bits per heavy atom. The molecular formula is C16H25NO3. The van der Waals surface area contributed by atoms with Crippen LogP contribution in [0.1, 0.15) is 26.7 Å². The lowest BCUT2D eigenvalue weighted by Crippen LogP contribution is -2.46. The van der Waals surface area contributed by atoms with Crippen LogP contribution in [-0.2, 0) is 0 Å². The number of hydrogen-bond donors (Lipinski definition) is 2. The summed E-state index contributed by atoms with van der Waals surface area (Å²) in [7, 11) is 1.61. The van der Waals surface area contributed by atoms with E-state index in [2.05, 4.69) is 19.2 Å². The maximum absolute atomic E-state index is 10.0. The maximum atomic E-state index is 10.0. The molecule has 112 valence electrons. The molecule has 1 aromatic carbocycles. The lowest BCUT2D eigenvalue weighted by atomic mass is 9.98. The molecule has 4 heteroatoms. The largest absolute Gasteiger partial charge is 0.493 e. The van der Waals surface area contributed by atoms with E-state index in [0.29, 0.717) is 18.0 Å². The van der Waals surface area contributed by atoms with E-state index in [4.69, 9.17) is 9.47 Å². The van der Waals surface area contributed by atoms with Crippen LogP contribution in [0.3, 0.4) is 0 Å². The number of rotatable bonds is 8. The van der Waals surface area contributed by atoms with Gasteiger partial charge in [-0.05, 0) is 44.7 Å². The number of β-amino-alcohol motifs (C(OH)–C–C–N with tert-alkyl or cyclic N) is 1. The molecule has 1 saturated carbocycles. The predicted octanol–water partition coefficient (Wildman–Crippen LogP) is 2.21. The zero-order chi connectivity index (χ0) is 14.6. The summed E-state index contributed by atoms with van der Waals surface area (Å²) in [5, 5.41) is 13.4. The first kappa shape index (κ1) is 15.1. The zero-order valence-corrected chi connectivity index (χ0v) is 12.6. The van der Waals surface area contributed by atoms with Gasteiger partial charge >= 0.3 is 0 Å². The summed E-state index contributed by atoms with van der Waals surface area (Å²) in [6, 6.07) is 7.46. The number of methoxy groups -OCH3 is 1. The summed E-state index contributed by atoms with van der Waals surface area (Å²) in [6.45, 7) is 5.18. The highest BCUT2D eigenvalue weighted by atomic mass is 16.5. The van der Waals surface area contributed by atoms with Gasteiger partial charge in [-0.25, -0.2) is 0 Å². The third-order valence-corrected chi connectivity index (χ3v) is 3.89. The van der Waals surface area contributed by atoms with E-state index < -0.39 is 6.10 Å². The van der Waals surface area contributed by atoms with Crippen LogP contribution < -0.4 is 14.8 Å². The molecule has 0 bridgehead atoms. The SMILES string of the molecule is COc1ccccc1OCC(O)CNC(C)(C)C1CC1. The first-order valence-corrected chi connectivity index (χ1v) is 7.22. The number of hydrogen-bond acceptors (Lipinski definition) is 4. The summed E-state index contributed by atoms with van der Waals surface area (Å²) in [4.78, 5) is 0. The predicted molar refractivity (Wildman–Crippen MR) is 79.3 cm³/mol. The monoisotopic (exact) mass is 279 g/mol. The van der Waals surface area contributed by atoms with E-state index in [1.807, 2.05) is 24.3 Å². The fourth-order valence-electron chi connectivity index (χ4n) is 2.31. The summed E-state index contributed by atoms with van der Waals surface area (Å²) >= 11 is 0. The molecule has 2 rings (SSSR count). The van der Waals surface area contributed by atoms with Crippen LogP contribution in [0.5, 0.6) is 11.5 Å². The Morgan fingerprint density at radius 3 is 2.55 bits per heavy atom. The van der Waals surface area contributed by atoms with Crippen LogP contribution >= 0.6 is 0 Å². The summed E-state index contributed by atoms with van der Waals surface area (Å²) in [5.74, 6) is 2.09. The van der Waals surface area contributed by atoms with E-state index in [0.717, 1.165) is 5.92 Å². The minimum Gasteiger partial charge on any atom is -0.493 e. The quantitative estimate of drug-likeness (QED) is 0.766. The Balaban J connectivity index is 1.75. The van der Waals surface area contributed by atoms with E-state index in [1.54, 1.807) is 7.11 Å². The van der Waals surface area contributed by atoms with Crippen molar-refractivity contribution < 1.29 is 14.6 Å². The minimum atomic E-state index is -0.530. The van der Waals surface area contributed by atoms with Gasteiger partial charge < -0.3 is 19.9 Å². The van der Waals surface area contributed by atoms with Gasteiger partial charge in [0.1, 0.15) is 12.7 Å². The lowest BCUT2D eigenvalue weighted by molar-refractivity contribution is 0.0956. The summed E-state index contributed by atoms with van der Waals surface area (Å²) in [6.07, 6.45) is 2.04. The fraction of sp³-hybridized carbons (Fsp3) is 0.625. The molecule has 20 heavy (non-hydrogen) atoms. The molecule has 4 nitrogen and oxygen atoms in total.